The van der Waals surface area contributed by atoms with Crippen molar-refractivity contribution in [3.8, 4) is 11.3 Å². The monoisotopic (exact) mass is 451 g/mol. The van der Waals surface area contributed by atoms with E-state index in [1.165, 1.54) is 18.2 Å². The van der Waals surface area contributed by atoms with Crippen molar-refractivity contribution in [2.24, 2.45) is 0 Å². The molecule has 1 aliphatic rings. The molecule has 0 radical (unpaired) electrons. The van der Waals surface area contributed by atoms with Crippen molar-refractivity contribution in [3.63, 3.8) is 0 Å². The molecule has 1 fully saturated rings. The number of hydrogen-bond donors (Lipinski definition) is 1. The summed E-state index contributed by atoms with van der Waals surface area (Å²) in [6.45, 7) is 0. The Balaban J connectivity index is 1.52. The molecular formula is C21H13N3O5S2. The summed E-state index contributed by atoms with van der Waals surface area (Å²) in [6, 6.07) is 17.8. The van der Waals surface area contributed by atoms with E-state index >= 15 is 0 Å². The van der Waals surface area contributed by atoms with Crippen LogP contribution in [0, 0.1) is 10.1 Å². The van der Waals surface area contributed by atoms with E-state index in [9.17, 15) is 19.7 Å². The Morgan fingerprint density at radius 1 is 1.13 bits per heavy atom. The van der Waals surface area contributed by atoms with Gasteiger partial charge in [0.25, 0.3) is 17.5 Å². The van der Waals surface area contributed by atoms with Gasteiger partial charge in [0.05, 0.1) is 9.83 Å². The zero-order valence-corrected chi connectivity index (χ0v) is 17.3. The van der Waals surface area contributed by atoms with E-state index in [0.29, 0.717) is 22.6 Å². The maximum atomic E-state index is 12.7. The van der Waals surface area contributed by atoms with Crippen molar-refractivity contribution in [1.29, 1.82) is 0 Å². The third kappa shape index (κ3) is 4.39. The van der Waals surface area contributed by atoms with E-state index in [2.05, 4.69) is 5.43 Å². The summed E-state index contributed by atoms with van der Waals surface area (Å²) in [6.07, 6.45) is 1.51. The predicted molar refractivity (Wildman–Crippen MR) is 120 cm³/mol. The highest BCUT2D eigenvalue weighted by Gasteiger charge is 2.34. The van der Waals surface area contributed by atoms with Gasteiger partial charge in [-0.15, -0.1) is 0 Å². The van der Waals surface area contributed by atoms with Crippen LogP contribution in [0.15, 0.2) is 76.1 Å². The first-order chi connectivity index (χ1) is 14.9. The van der Waals surface area contributed by atoms with Gasteiger partial charge in [-0.05, 0) is 36.5 Å². The van der Waals surface area contributed by atoms with E-state index in [4.69, 9.17) is 16.6 Å². The van der Waals surface area contributed by atoms with Crippen molar-refractivity contribution in [3.05, 3.63) is 93.1 Å². The summed E-state index contributed by atoms with van der Waals surface area (Å²) in [5.41, 5.74) is 3.39. The Morgan fingerprint density at radius 3 is 2.65 bits per heavy atom. The maximum Gasteiger partial charge on any atom is 0.285 e. The molecule has 3 aromatic rings. The predicted octanol–water partition coefficient (Wildman–Crippen LogP) is 4.40. The summed E-state index contributed by atoms with van der Waals surface area (Å²) >= 11 is 6.25. The Kier molecular flexibility index (Phi) is 5.65. The second kappa shape index (κ2) is 8.54. The maximum absolute atomic E-state index is 12.7. The number of nitrogens with zero attached hydrogens (tertiary/aromatic N) is 2. The average molecular weight is 451 g/mol. The number of amides is 2. The Labute approximate surface area is 185 Å². The molecule has 10 heteroatoms. The Bertz CT molecular complexity index is 1240. The molecule has 0 saturated carbocycles. The third-order valence-corrected chi connectivity index (χ3v) is 5.59. The van der Waals surface area contributed by atoms with Crippen LogP contribution >= 0.6 is 24.0 Å². The molecule has 1 aromatic heterocycles. The van der Waals surface area contributed by atoms with Crippen LogP contribution in [0.4, 0.5) is 5.69 Å². The first-order valence-corrected chi connectivity index (χ1v) is 10.1. The molecule has 8 nitrogen and oxygen atoms in total. The molecular weight excluding hydrogens is 438 g/mol. The Hall–Kier alpha value is -3.76. The minimum absolute atomic E-state index is 0.0505. The molecule has 154 valence electrons. The van der Waals surface area contributed by atoms with Crippen molar-refractivity contribution in [1.82, 2.24) is 10.4 Å². The average Bonchev–Trinajstić information content (AvgIpc) is 3.35. The number of rotatable bonds is 5. The number of hydrogen-bond acceptors (Lipinski definition) is 7. The van der Waals surface area contributed by atoms with Crippen LogP contribution in [0.5, 0.6) is 0 Å². The number of carbonyl (C=O) groups is 2. The highest BCUT2D eigenvalue weighted by Crippen LogP contribution is 2.33. The van der Waals surface area contributed by atoms with Gasteiger partial charge in [-0.3, -0.25) is 25.1 Å². The molecule has 2 amide bonds. The largest absolute Gasteiger partial charge is 0.457 e. The molecule has 1 aliphatic heterocycles. The van der Waals surface area contributed by atoms with Crippen LogP contribution in [-0.2, 0) is 4.79 Å². The Morgan fingerprint density at radius 2 is 1.90 bits per heavy atom. The van der Waals surface area contributed by atoms with E-state index < -0.39 is 16.7 Å². The topological polar surface area (TPSA) is 106 Å². The van der Waals surface area contributed by atoms with Gasteiger partial charge in [0.1, 0.15) is 11.5 Å². The summed E-state index contributed by atoms with van der Waals surface area (Å²) in [5.74, 6) is -0.143. The SMILES string of the molecule is O=C(NN1C(=O)/C(=C\c2ccc(-c3cccc([N+](=O)[O-])c3)o2)SC1=S)c1ccccc1. The molecule has 0 bridgehead atoms. The summed E-state index contributed by atoms with van der Waals surface area (Å²) in [4.78, 5) is 35.8. The second-order valence-electron chi connectivity index (χ2n) is 6.33. The first-order valence-electron chi connectivity index (χ1n) is 8.91. The fourth-order valence-electron chi connectivity index (χ4n) is 2.81. The van der Waals surface area contributed by atoms with Crippen LogP contribution in [0.3, 0.4) is 0 Å². The van der Waals surface area contributed by atoms with Crippen LogP contribution in [0.2, 0.25) is 0 Å². The molecule has 4 rings (SSSR count). The standard InChI is InChI=1S/C21H13N3O5S2/c25-19(13-5-2-1-3-6-13)22-23-20(26)18(31-21(23)30)12-16-9-10-17(29-16)14-7-4-8-15(11-14)24(27)28/h1-12H,(H,22,25)/b18-12+. The third-order valence-electron chi connectivity index (χ3n) is 4.28. The van der Waals surface area contributed by atoms with Crippen molar-refractivity contribution in [2.75, 3.05) is 0 Å². The molecule has 2 heterocycles. The van der Waals surface area contributed by atoms with Crippen LogP contribution in [0.25, 0.3) is 17.4 Å². The number of carbonyl (C=O) groups excluding carboxylic acids is 2. The number of non-ortho nitro benzene ring substituents is 1. The first kappa shape index (κ1) is 20.5. The molecule has 0 unspecified atom stereocenters. The lowest BCUT2D eigenvalue weighted by Gasteiger charge is -2.15. The van der Waals surface area contributed by atoms with Gasteiger partial charge in [0.15, 0.2) is 4.32 Å². The number of nitrogens with one attached hydrogen (secondary N) is 1. The number of thioether (sulfide) groups is 1. The summed E-state index contributed by atoms with van der Waals surface area (Å²) < 4.78 is 5.91. The molecule has 0 atom stereocenters. The van der Waals surface area contributed by atoms with Gasteiger partial charge >= 0.3 is 0 Å². The molecule has 0 spiro atoms. The van der Waals surface area contributed by atoms with Gasteiger partial charge in [0.2, 0.25) is 0 Å². The number of furan rings is 1. The number of thiocarbonyl (C=S) groups is 1. The smallest absolute Gasteiger partial charge is 0.285 e. The van der Waals surface area contributed by atoms with E-state index in [0.717, 1.165) is 16.8 Å². The van der Waals surface area contributed by atoms with Crippen molar-refractivity contribution in [2.45, 2.75) is 0 Å². The van der Waals surface area contributed by atoms with Crippen molar-refractivity contribution >= 4 is 51.9 Å². The quantitative estimate of drug-likeness (QED) is 0.265. The highest BCUT2D eigenvalue weighted by molar-refractivity contribution is 8.26. The number of nitro benzene ring substituents is 1. The lowest BCUT2D eigenvalue weighted by Crippen LogP contribution is -2.44. The van der Waals surface area contributed by atoms with Gasteiger partial charge in [-0.25, -0.2) is 0 Å². The van der Waals surface area contributed by atoms with Crippen LogP contribution in [-0.4, -0.2) is 26.1 Å². The van der Waals surface area contributed by atoms with Gasteiger partial charge in [-0.2, -0.15) is 5.01 Å². The van der Waals surface area contributed by atoms with Crippen molar-refractivity contribution < 1.29 is 18.9 Å². The fourth-order valence-corrected chi connectivity index (χ4v) is 3.97. The summed E-state index contributed by atoms with van der Waals surface area (Å²) in [7, 11) is 0. The molecule has 31 heavy (non-hydrogen) atoms. The van der Waals surface area contributed by atoms with Gasteiger partial charge < -0.3 is 4.42 Å². The number of hydrazine groups is 1. The lowest BCUT2D eigenvalue weighted by atomic mass is 10.1. The van der Waals surface area contributed by atoms with E-state index in [1.54, 1.807) is 54.6 Å². The van der Waals surface area contributed by atoms with Crippen LogP contribution < -0.4 is 5.43 Å². The molecule has 1 saturated heterocycles. The van der Waals surface area contributed by atoms with E-state index in [-0.39, 0.29) is 14.9 Å². The zero-order valence-electron chi connectivity index (χ0n) is 15.7. The molecule has 1 N–H and O–H groups in total. The number of nitro groups is 1. The fraction of sp³-hybridized carbons (Fsp3) is 0. The van der Waals surface area contributed by atoms with Gasteiger partial charge in [0, 0.05) is 29.3 Å². The van der Waals surface area contributed by atoms with Crippen LogP contribution in [0.1, 0.15) is 16.1 Å². The lowest BCUT2D eigenvalue weighted by molar-refractivity contribution is -0.384. The van der Waals surface area contributed by atoms with E-state index in [1.807, 2.05) is 0 Å². The molecule has 2 aromatic carbocycles. The minimum atomic E-state index is -0.484. The number of benzene rings is 2. The van der Waals surface area contributed by atoms with Gasteiger partial charge in [-0.1, -0.05) is 42.1 Å². The highest BCUT2D eigenvalue weighted by atomic mass is 32.2. The minimum Gasteiger partial charge on any atom is -0.457 e. The normalized spacial score (nSPS) is 14.8. The zero-order chi connectivity index (χ0) is 22.0. The molecule has 0 aliphatic carbocycles. The summed E-state index contributed by atoms with van der Waals surface area (Å²) in [5, 5.41) is 12.0. The second-order valence-corrected chi connectivity index (χ2v) is 8.01.